The number of rotatable bonds is 7. The second-order valence-electron chi connectivity index (χ2n) is 4.27. The summed E-state index contributed by atoms with van der Waals surface area (Å²) in [6, 6.07) is 3.19. The number of benzene rings is 1. The van der Waals surface area contributed by atoms with Crippen LogP contribution in [0, 0.1) is 11.6 Å². The molecule has 0 bridgehead atoms. The summed E-state index contributed by atoms with van der Waals surface area (Å²) in [5, 5.41) is 12.8. The van der Waals surface area contributed by atoms with Crippen LogP contribution in [-0.2, 0) is 4.74 Å². The first-order valence-corrected chi connectivity index (χ1v) is 5.90. The Morgan fingerprint density at radius 2 is 2.11 bits per heavy atom. The van der Waals surface area contributed by atoms with Crippen molar-refractivity contribution in [2.75, 3.05) is 20.3 Å². The van der Waals surface area contributed by atoms with Gasteiger partial charge in [0.15, 0.2) is 0 Å². The molecule has 1 aromatic rings. The Hall–Kier alpha value is -1.04. The molecule has 102 valence electrons. The molecule has 0 heterocycles. The summed E-state index contributed by atoms with van der Waals surface area (Å²) in [7, 11) is 1.61. The summed E-state index contributed by atoms with van der Waals surface area (Å²) in [4.78, 5) is 0. The van der Waals surface area contributed by atoms with Crippen LogP contribution in [0.4, 0.5) is 8.78 Å². The lowest BCUT2D eigenvalue weighted by atomic mass is 10.1. The summed E-state index contributed by atoms with van der Waals surface area (Å²) >= 11 is 0. The molecular formula is C13H19F2NO2. The minimum atomic E-state index is -1.06. The van der Waals surface area contributed by atoms with Crippen molar-refractivity contribution in [3.63, 3.8) is 0 Å². The van der Waals surface area contributed by atoms with E-state index < -0.39 is 17.7 Å². The van der Waals surface area contributed by atoms with Crippen molar-refractivity contribution in [3.05, 3.63) is 35.4 Å². The van der Waals surface area contributed by atoms with Gasteiger partial charge in [0.25, 0.3) is 0 Å². The van der Waals surface area contributed by atoms with Crippen LogP contribution in [0.15, 0.2) is 18.2 Å². The van der Waals surface area contributed by atoms with Crippen molar-refractivity contribution in [2.24, 2.45) is 0 Å². The van der Waals surface area contributed by atoms with Crippen LogP contribution >= 0.6 is 0 Å². The number of hydrogen-bond donors (Lipinski definition) is 2. The summed E-state index contributed by atoms with van der Waals surface area (Å²) in [6.07, 6.45) is -0.278. The van der Waals surface area contributed by atoms with E-state index in [-0.39, 0.29) is 18.2 Å². The third-order valence-corrected chi connectivity index (χ3v) is 2.73. The van der Waals surface area contributed by atoms with Crippen molar-refractivity contribution in [3.8, 4) is 0 Å². The lowest BCUT2D eigenvalue weighted by Crippen LogP contribution is -2.31. The standard InChI is InChI=1S/C13H19F2NO2/c1-9(5-6-18-2)16-8-13(17)11-7-10(14)3-4-12(11)15/h3-4,7,9,13,16-17H,5-6,8H2,1-2H3. The molecule has 0 aliphatic carbocycles. The highest BCUT2D eigenvalue weighted by molar-refractivity contribution is 5.21. The number of aliphatic hydroxyl groups is 1. The van der Waals surface area contributed by atoms with Gasteiger partial charge < -0.3 is 15.2 Å². The molecule has 0 saturated carbocycles. The van der Waals surface area contributed by atoms with Gasteiger partial charge in [-0.2, -0.15) is 0 Å². The second-order valence-corrected chi connectivity index (χ2v) is 4.27. The van der Waals surface area contributed by atoms with E-state index >= 15 is 0 Å². The lowest BCUT2D eigenvalue weighted by Gasteiger charge is -2.17. The number of hydrogen-bond acceptors (Lipinski definition) is 3. The fourth-order valence-corrected chi connectivity index (χ4v) is 1.59. The zero-order valence-corrected chi connectivity index (χ0v) is 10.6. The van der Waals surface area contributed by atoms with Crippen LogP contribution in [0.1, 0.15) is 25.0 Å². The quantitative estimate of drug-likeness (QED) is 0.787. The molecule has 0 radical (unpaired) electrons. The molecule has 2 atom stereocenters. The maximum atomic E-state index is 13.4. The summed E-state index contributed by atoms with van der Waals surface area (Å²) in [6.45, 7) is 2.72. The van der Waals surface area contributed by atoms with Gasteiger partial charge in [-0.05, 0) is 31.5 Å². The van der Waals surface area contributed by atoms with Gasteiger partial charge >= 0.3 is 0 Å². The van der Waals surface area contributed by atoms with Crippen molar-refractivity contribution >= 4 is 0 Å². The SMILES string of the molecule is COCCC(C)NCC(O)c1cc(F)ccc1F. The molecule has 0 amide bonds. The molecule has 0 aromatic heterocycles. The van der Waals surface area contributed by atoms with E-state index in [1.165, 1.54) is 0 Å². The number of methoxy groups -OCH3 is 1. The Morgan fingerprint density at radius 1 is 1.39 bits per heavy atom. The topological polar surface area (TPSA) is 41.5 Å². The molecule has 2 unspecified atom stereocenters. The fourth-order valence-electron chi connectivity index (χ4n) is 1.59. The Kier molecular flexibility index (Phi) is 6.18. The molecule has 3 nitrogen and oxygen atoms in total. The van der Waals surface area contributed by atoms with E-state index in [1.807, 2.05) is 6.92 Å². The van der Waals surface area contributed by atoms with Gasteiger partial charge in [0.1, 0.15) is 11.6 Å². The van der Waals surface area contributed by atoms with E-state index in [1.54, 1.807) is 7.11 Å². The van der Waals surface area contributed by atoms with E-state index in [0.29, 0.717) is 6.61 Å². The van der Waals surface area contributed by atoms with Gasteiger partial charge in [-0.1, -0.05) is 0 Å². The third kappa shape index (κ3) is 4.68. The van der Waals surface area contributed by atoms with Gasteiger partial charge in [-0.3, -0.25) is 0 Å². The highest BCUT2D eigenvalue weighted by atomic mass is 19.1. The third-order valence-electron chi connectivity index (χ3n) is 2.73. The first-order chi connectivity index (χ1) is 8.54. The molecule has 1 aromatic carbocycles. The second kappa shape index (κ2) is 7.41. The predicted molar refractivity (Wildman–Crippen MR) is 65.3 cm³/mol. The number of ether oxygens (including phenoxy) is 1. The zero-order valence-electron chi connectivity index (χ0n) is 10.6. The van der Waals surface area contributed by atoms with Crippen LogP contribution < -0.4 is 5.32 Å². The van der Waals surface area contributed by atoms with Gasteiger partial charge in [0, 0.05) is 31.9 Å². The molecule has 0 spiro atoms. The van der Waals surface area contributed by atoms with Crippen LogP contribution in [-0.4, -0.2) is 31.4 Å². The number of nitrogens with one attached hydrogen (secondary N) is 1. The molecule has 0 fully saturated rings. The zero-order chi connectivity index (χ0) is 13.5. The first-order valence-electron chi connectivity index (χ1n) is 5.90. The number of halogens is 2. The molecule has 0 saturated heterocycles. The first kappa shape index (κ1) is 15.0. The Balaban J connectivity index is 2.49. The van der Waals surface area contributed by atoms with Crippen molar-refractivity contribution in [1.82, 2.24) is 5.32 Å². The number of aliphatic hydroxyl groups excluding tert-OH is 1. The highest BCUT2D eigenvalue weighted by Gasteiger charge is 2.14. The highest BCUT2D eigenvalue weighted by Crippen LogP contribution is 2.17. The summed E-state index contributed by atoms with van der Waals surface area (Å²) < 4.78 is 31.3. The Labute approximate surface area is 106 Å². The van der Waals surface area contributed by atoms with Crippen LogP contribution in [0.5, 0.6) is 0 Å². The van der Waals surface area contributed by atoms with Crippen molar-refractivity contribution < 1.29 is 18.6 Å². The smallest absolute Gasteiger partial charge is 0.129 e. The molecule has 0 aliphatic rings. The van der Waals surface area contributed by atoms with Crippen LogP contribution in [0.2, 0.25) is 0 Å². The molecule has 2 N–H and O–H groups in total. The molecular weight excluding hydrogens is 240 g/mol. The maximum absolute atomic E-state index is 13.4. The van der Waals surface area contributed by atoms with E-state index in [4.69, 9.17) is 4.74 Å². The average molecular weight is 259 g/mol. The normalized spacial score (nSPS) is 14.5. The van der Waals surface area contributed by atoms with E-state index in [0.717, 1.165) is 24.6 Å². The van der Waals surface area contributed by atoms with Crippen LogP contribution in [0.3, 0.4) is 0 Å². The molecule has 1 rings (SSSR count). The van der Waals surface area contributed by atoms with Crippen LogP contribution in [0.25, 0.3) is 0 Å². The van der Waals surface area contributed by atoms with Gasteiger partial charge in [-0.15, -0.1) is 0 Å². The van der Waals surface area contributed by atoms with Gasteiger partial charge in [-0.25, -0.2) is 8.78 Å². The summed E-state index contributed by atoms with van der Waals surface area (Å²) in [5.74, 6) is -1.16. The summed E-state index contributed by atoms with van der Waals surface area (Å²) in [5.41, 5.74) is -0.0264. The van der Waals surface area contributed by atoms with Crippen molar-refractivity contribution in [1.29, 1.82) is 0 Å². The molecule has 0 aliphatic heterocycles. The predicted octanol–water partition coefficient (Wildman–Crippen LogP) is 2.01. The lowest BCUT2D eigenvalue weighted by molar-refractivity contribution is 0.155. The van der Waals surface area contributed by atoms with Gasteiger partial charge in [0.2, 0.25) is 0 Å². The maximum Gasteiger partial charge on any atom is 0.129 e. The van der Waals surface area contributed by atoms with Gasteiger partial charge in [0.05, 0.1) is 6.10 Å². The molecule has 18 heavy (non-hydrogen) atoms. The minimum absolute atomic E-state index is 0.0264. The fraction of sp³-hybridized carbons (Fsp3) is 0.538. The van der Waals surface area contributed by atoms with E-state index in [9.17, 15) is 13.9 Å². The minimum Gasteiger partial charge on any atom is -0.387 e. The Bertz CT molecular complexity index is 374. The van der Waals surface area contributed by atoms with E-state index in [2.05, 4.69) is 5.32 Å². The average Bonchev–Trinajstić information content (AvgIpc) is 2.36. The largest absolute Gasteiger partial charge is 0.387 e. The molecule has 5 heteroatoms. The Morgan fingerprint density at radius 3 is 2.78 bits per heavy atom. The van der Waals surface area contributed by atoms with Crippen molar-refractivity contribution in [2.45, 2.75) is 25.5 Å². The monoisotopic (exact) mass is 259 g/mol.